The van der Waals surface area contributed by atoms with Gasteiger partial charge in [-0.25, -0.2) is 4.79 Å². The molecule has 0 aliphatic carbocycles. The predicted molar refractivity (Wildman–Crippen MR) is 78.2 cm³/mol. The Morgan fingerprint density at radius 2 is 1.95 bits per heavy atom. The number of hydrogen-bond acceptors (Lipinski definition) is 3. The van der Waals surface area contributed by atoms with Crippen LogP contribution in [0.2, 0.25) is 5.02 Å². The second kappa shape index (κ2) is 7.56. The zero-order valence-corrected chi connectivity index (χ0v) is 12.5. The molecule has 1 amide bonds. The van der Waals surface area contributed by atoms with Gasteiger partial charge < -0.3 is 9.64 Å². The average Bonchev–Trinajstić information content (AvgIpc) is 2.42. The van der Waals surface area contributed by atoms with Crippen LogP contribution in [-0.2, 0) is 0 Å². The number of carbonyl (C=O) groups is 2. The van der Waals surface area contributed by atoms with Crippen LogP contribution in [-0.4, -0.2) is 29.9 Å². The monoisotopic (exact) mass is 293 g/mol. The zero-order chi connectivity index (χ0) is 15.1. The molecule has 1 aromatic carbocycles. The molecular weight excluding hydrogens is 278 g/mol. The maximum absolute atomic E-state index is 11.9. The third kappa shape index (κ3) is 4.01. The van der Waals surface area contributed by atoms with Gasteiger partial charge in [0.25, 0.3) is 0 Å². The summed E-state index contributed by atoms with van der Waals surface area (Å²) in [5.41, 5.74) is 0.187. The van der Waals surface area contributed by atoms with Crippen molar-refractivity contribution in [2.75, 3.05) is 13.1 Å². The molecule has 0 fully saturated rings. The quantitative estimate of drug-likeness (QED) is 0.486. The molecule has 0 saturated carbocycles. The largest absolute Gasteiger partial charge is 0.415 e. The van der Waals surface area contributed by atoms with Gasteiger partial charge in [0.2, 0.25) is 5.78 Å². The minimum absolute atomic E-state index is 0.166. The number of carbonyl (C=O) groups excluding carboxylic acids is 2. The summed E-state index contributed by atoms with van der Waals surface area (Å²) < 4.78 is 5.25. The Morgan fingerprint density at radius 1 is 1.30 bits per heavy atom. The molecular formula is C15H16ClNO3. The van der Waals surface area contributed by atoms with Gasteiger partial charge in [0.1, 0.15) is 5.75 Å². The zero-order valence-electron chi connectivity index (χ0n) is 11.7. The average molecular weight is 294 g/mol. The summed E-state index contributed by atoms with van der Waals surface area (Å²) in [5.74, 6) is 4.66. The van der Waals surface area contributed by atoms with Gasteiger partial charge >= 0.3 is 6.09 Å². The molecule has 1 rings (SSSR count). The van der Waals surface area contributed by atoms with Crippen LogP contribution in [0.3, 0.4) is 0 Å². The number of benzene rings is 1. The van der Waals surface area contributed by atoms with Crippen molar-refractivity contribution in [2.24, 2.45) is 0 Å². The summed E-state index contributed by atoms with van der Waals surface area (Å²) in [6.45, 7) is 6.31. The Kier molecular flexibility index (Phi) is 6.08. The summed E-state index contributed by atoms with van der Waals surface area (Å²) in [6.07, 6.45) is -0.504. The van der Waals surface area contributed by atoms with Crippen LogP contribution in [0.4, 0.5) is 4.79 Å². The van der Waals surface area contributed by atoms with Gasteiger partial charge in [-0.15, -0.1) is 0 Å². The molecule has 0 aliphatic rings. The van der Waals surface area contributed by atoms with Crippen molar-refractivity contribution in [3.8, 4) is 17.6 Å². The second-order valence-corrected chi connectivity index (χ2v) is 4.32. The first-order valence-electron chi connectivity index (χ1n) is 6.26. The van der Waals surface area contributed by atoms with Crippen molar-refractivity contribution < 1.29 is 14.3 Å². The maximum Gasteiger partial charge on any atom is 0.415 e. The number of Topliss-reactive ketones (excluding diaryl/α,β-unsaturated/α-hetero) is 1. The molecule has 0 unspecified atom stereocenters. The molecule has 1 aromatic rings. The fourth-order valence-electron chi connectivity index (χ4n) is 1.59. The SMILES string of the molecule is CC#CC(=O)c1cc(Cl)ccc1OC(=O)N(CC)CC. The Bertz CT molecular complexity index is 568. The summed E-state index contributed by atoms with van der Waals surface area (Å²) >= 11 is 5.86. The van der Waals surface area contributed by atoms with Crippen LogP contribution in [0.5, 0.6) is 5.75 Å². The highest BCUT2D eigenvalue weighted by Gasteiger charge is 2.17. The van der Waals surface area contributed by atoms with Gasteiger partial charge in [0.15, 0.2) is 0 Å². The van der Waals surface area contributed by atoms with Gasteiger partial charge in [-0.1, -0.05) is 17.5 Å². The number of ketones is 1. The van der Waals surface area contributed by atoms with Crippen molar-refractivity contribution in [3.63, 3.8) is 0 Å². The smallest absolute Gasteiger partial charge is 0.409 e. The summed E-state index contributed by atoms with van der Waals surface area (Å²) in [7, 11) is 0. The first kappa shape index (κ1) is 16.1. The minimum atomic E-state index is -0.504. The first-order valence-corrected chi connectivity index (χ1v) is 6.64. The number of rotatable bonds is 4. The highest BCUT2D eigenvalue weighted by molar-refractivity contribution is 6.31. The molecule has 106 valence electrons. The predicted octanol–water partition coefficient (Wildman–Crippen LogP) is 3.39. The number of nitrogens with zero attached hydrogens (tertiary/aromatic N) is 1. The fraction of sp³-hybridized carbons (Fsp3) is 0.333. The number of hydrogen-bond donors (Lipinski definition) is 0. The van der Waals surface area contributed by atoms with E-state index in [2.05, 4.69) is 11.8 Å². The Balaban J connectivity index is 3.08. The third-order valence-electron chi connectivity index (χ3n) is 2.64. The molecule has 0 N–H and O–H groups in total. The van der Waals surface area contributed by atoms with Gasteiger partial charge in [-0.05, 0) is 44.9 Å². The van der Waals surface area contributed by atoms with Gasteiger partial charge in [0, 0.05) is 18.1 Å². The van der Waals surface area contributed by atoms with E-state index in [4.69, 9.17) is 16.3 Å². The molecule has 20 heavy (non-hydrogen) atoms. The lowest BCUT2D eigenvalue weighted by Gasteiger charge is -2.18. The minimum Gasteiger partial charge on any atom is -0.409 e. The van der Waals surface area contributed by atoms with Crippen molar-refractivity contribution in [1.82, 2.24) is 4.90 Å². The Labute approximate surface area is 123 Å². The summed E-state index contributed by atoms with van der Waals surface area (Å²) in [6, 6.07) is 4.50. The second-order valence-electron chi connectivity index (χ2n) is 3.88. The molecule has 0 radical (unpaired) electrons. The van der Waals surface area contributed by atoms with Crippen LogP contribution in [0, 0.1) is 11.8 Å². The van der Waals surface area contributed by atoms with E-state index in [1.807, 2.05) is 13.8 Å². The topological polar surface area (TPSA) is 46.6 Å². The van der Waals surface area contributed by atoms with E-state index in [9.17, 15) is 9.59 Å². The van der Waals surface area contributed by atoms with Crippen molar-refractivity contribution >= 4 is 23.5 Å². The van der Waals surface area contributed by atoms with Crippen LogP contribution in [0.25, 0.3) is 0 Å². The highest BCUT2D eigenvalue weighted by Crippen LogP contribution is 2.24. The van der Waals surface area contributed by atoms with E-state index >= 15 is 0 Å². The number of ether oxygens (including phenoxy) is 1. The van der Waals surface area contributed by atoms with E-state index < -0.39 is 11.9 Å². The first-order chi connectivity index (χ1) is 9.53. The molecule has 0 aromatic heterocycles. The van der Waals surface area contributed by atoms with Gasteiger partial charge in [0.05, 0.1) is 5.56 Å². The van der Waals surface area contributed by atoms with Crippen molar-refractivity contribution in [2.45, 2.75) is 20.8 Å². The van der Waals surface area contributed by atoms with Crippen LogP contribution >= 0.6 is 11.6 Å². The molecule has 0 heterocycles. The third-order valence-corrected chi connectivity index (χ3v) is 2.88. The fourth-order valence-corrected chi connectivity index (χ4v) is 1.76. The van der Waals surface area contributed by atoms with Crippen LogP contribution in [0.1, 0.15) is 31.1 Å². The Morgan fingerprint density at radius 3 is 2.50 bits per heavy atom. The molecule has 5 heteroatoms. The summed E-state index contributed by atoms with van der Waals surface area (Å²) in [5, 5.41) is 0.383. The van der Waals surface area contributed by atoms with Crippen molar-refractivity contribution in [3.05, 3.63) is 28.8 Å². The molecule has 0 spiro atoms. The number of amides is 1. The lowest BCUT2D eigenvalue weighted by atomic mass is 10.1. The normalized spacial score (nSPS) is 9.40. The standard InChI is InChI=1S/C15H16ClNO3/c1-4-7-13(18)12-10-11(16)8-9-14(12)20-15(19)17(5-2)6-3/h8-10H,5-6H2,1-3H3. The van der Waals surface area contributed by atoms with E-state index in [1.165, 1.54) is 17.0 Å². The molecule has 0 bridgehead atoms. The molecule has 0 atom stereocenters. The van der Waals surface area contributed by atoms with E-state index in [1.54, 1.807) is 13.0 Å². The van der Waals surface area contributed by atoms with Gasteiger partial charge in [-0.2, -0.15) is 0 Å². The molecule has 0 saturated heterocycles. The number of halogens is 1. The highest BCUT2D eigenvalue weighted by atomic mass is 35.5. The lowest BCUT2D eigenvalue weighted by molar-refractivity contribution is 0.105. The molecule has 0 aliphatic heterocycles. The summed E-state index contributed by atoms with van der Waals surface area (Å²) in [4.78, 5) is 25.3. The maximum atomic E-state index is 11.9. The van der Waals surface area contributed by atoms with Crippen LogP contribution in [0.15, 0.2) is 18.2 Å². The Hall–Kier alpha value is -1.99. The van der Waals surface area contributed by atoms with E-state index in [0.29, 0.717) is 18.1 Å². The van der Waals surface area contributed by atoms with Crippen molar-refractivity contribution in [1.29, 1.82) is 0 Å². The van der Waals surface area contributed by atoms with E-state index in [0.717, 1.165) is 0 Å². The van der Waals surface area contributed by atoms with Crippen LogP contribution < -0.4 is 4.74 Å². The van der Waals surface area contributed by atoms with E-state index in [-0.39, 0.29) is 11.3 Å². The molecule has 4 nitrogen and oxygen atoms in total. The lowest BCUT2D eigenvalue weighted by Crippen LogP contribution is -2.33. The van der Waals surface area contributed by atoms with Gasteiger partial charge in [-0.3, -0.25) is 4.79 Å².